The zero-order chi connectivity index (χ0) is 14.8. The number of rotatable bonds is 2. The lowest BCUT2D eigenvalue weighted by Crippen LogP contribution is -2.45. The number of hydrogen-bond donors (Lipinski definition) is 2. The van der Waals surface area contributed by atoms with Gasteiger partial charge in [-0.25, -0.2) is 5.48 Å². The molecule has 2 N–H and O–H groups in total. The standard InChI is InChI=1S/C15H15N3O3/c19-14(17-21)12-6-3-9-18(12)15(20)13-11-5-2-1-4-10(11)7-8-16-13/h1-2,4-5,7-8,12,21H,3,6,9H2,(H,17,19). The van der Waals surface area contributed by atoms with Gasteiger partial charge in [0.05, 0.1) is 0 Å². The molecule has 2 heterocycles. The van der Waals surface area contributed by atoms with Crippen molar-refractivity contribution in [3.63, 3.8) is 0 Å². The molecule has 6 nitrogen and oxygen atoms in total. The number of hydroxylamine groups is 1. The largest absolute Gasteiger partial charge is 0.325 e. The van der Waals surface area contributed by atoms with E-state index in [1.807, 2.05) is 30.3 Å². The smallest absolute Gasteiger partial charge is 0.273 e. The molecule has 1 aromatic carbocycles. The van der Waals surface area contributed by atoms with E-state index in [4.69, 9.17) is 5.21 Å². The Bertz CT molecular complexity index is 696. The first-order valence-electron chi connectivity index (χ1n) is 6.81. The molecule has 1 saturated heterocycles. The van der Waals surface area contributed by atoms with Gasteiger partial charge in [0, 0.05) is 18.1 Å². The molecule has 0 saturated carbocycles. The third kappa shape index (κ3) is 2.34. The Balaban J connectivity index is 1.99. The number of benzene rings is 1. The third-order valence-corrected chi connectivity index (χ3v) is 3.80. The van der Waals surface area contributed by atoms with E-state index in [1.54, 1.807) is 11.7 Å². The summed E-state index contributed by atoms with van der Waals surface area (Å²) in [5, 5.41) is 10.5. The fourth-order valence-corrected chi connectivity index (χ4v) is 2.78. The Morgan fingerprint density at radius 2 is 2.10 bits per heavy atom. The lowest BCUT2D eigenvalue weighted by Gasteiger charge is -2.23. The minimum Gasteiger partial charge on any atom is -0.325 e. The first-order valence-corrected chi connectivity index (χ1v) is 6.81. The Hall–Kier alpha value is -2.47. The average Bonchev–Trinajstić information content (AvgIpc) is 3.02. The first kappa shape index (κ1) is 13.5. The molecule has 0 radical (unpaired) electrons. The van der Waals surface area contributed by atoms with Gasteiger partial charge in [0.1, 0.15) is 11.7 Å². The summed E-state index contributed by atoms with van der Waals surface area (Å²) >= 11 is 0. The number of likely N-dealkylation sites (tertiary alicyclic amines) is 1. The van der Waals surface area contributed by atoms with Crippen molar-refractivity contribution in [3.8, 4) is 0 Å². The quantitative estimate of drug-likeness (QED) is 0.644. The van der Waals surface area contributed by atoms with Crippen molar-refractivity contribution in [2.75, 3.05) is 6.54 Å². The average molecular weight is 285 g/mol. The van der Waals surface area contributed by atoms with Crippen LogP contribution in [-0.2, 0) is 4.79 Å². The number of nitrogens with one attached hydrogen (secondary N) is 1. The van der Waals surface area contributed by atoms with Gasteiger partial charge in [0.15, 0.2) is 0 Å². The highest BCUT2D eigenvalue weighted by atomic mass is 16.5. The molecule has 1 aromatic heterocycles. The second-order valence-corrected chi connectivity index (χ2v) is 5.01. The summed E-state index contributed by atoms with van der Waals surface area (Å²) in [4.78, 5) is 30.0. The molecule has 1 aliphatic heterocycles. The highest BCUT2D eigenvalue weighted by molar-refractivity contribution is 6.06. The normalized spacial score (nSPS) is 18.0. The van der Waals surface area contributed by atoms with Crippen LogP contribution >= 0.6 is 0 Å². The third-order valence-electron chi connectivity index (χ3n) is 3.80. The van der Waals surface area contributed by atoms with Gasteiger partial charge >= 0.3 is 0 Å². The lowest BCUT2D eigenvalue weighted by molar-refractivity contribution is -0.133. The predicted molar refractivity (Wildman–Crippen MR) is 75.7 cm³/mol. The minimum atomic E-state index is -0.636. The molecule has 1 fully saturated rings. The monoisotopic (exact) mass is 285 g/mol. The zero-order valence-electron chi connectivity index (χ0n) is 11.3. The van der Waals surface area contributed by atoms with Gasteiger partial charge in [-0.05, 0) is 24.3 Å². The van der Waals surface area contributed by atoms with E-state index < -0.39 is 11.9 Å². The Kier molecular flexibility index (Phi) is 3.53. The molecule has 6 heteroatoms. The number of aromatic nitrogens is 1. The molecule has 2 amide bonds. The van der Waals surface area contributed by atoms with Crippen molar-refractivity contribution in [3.05, 3.63) is 42.2 Å². The molecular weight excluding hydrogens is 270 g/mol. The molecule has 3 rings (SSSR count). The number of carbonyl (C=O) groups is 2. The number of pyridine rings is 1. The fraction of sp³-hybridized carbons (Fsp3) is 0.267. The molecule has 1 aliphatic rings. The summed E-state index contributed by atoms with van der Waals surface area (Å²) in [7, 11) is 0. The van der Waals surface area contributed by atoms with Crippen LogP contribution in [0.2, 0.25) is 0 Å². The number of nitrogens with zero attached hydrogens (tertiary/aromatic N) is 2. The van der Waals surface area contributed by atoms with Gasteiger partial charge in [0.2, 0.25) is 0 Å². The van der Waals surface area contributed by atoms with Crippen molar-refractivity contribution >= 4 is 22.6 Å². The summed E-state index contributed by atoms with van der Waals surface area (Å²) < 4.78 is 0. The minimum absolute atomic E-state index is 0.280. The molecule has 0 aliphatic carbocycles. The lowest BCUT2D eigenvalue weighted by atomic mass is 10.1. The zero-order valence-corrected chi connectivity index (χ0v) is 11.3. The summed E-state index contributed by atoms with van der Waals surface area (Å²) in [6.07, 6.45) is 2.87. The molecule has 0 bridgehead atoms. The van der Waals surface area contributed by atoms with Gasteiger partial charge in [-0.1, -0.05) is 24.3 Å². The van der Waals surface area contributed by atoms with Gasteiger partial charge in [-0.3, -0.25) is 19.8 Å². The van der Waals surface area contributed by atoms with Gasteiger partial charge in [-0.15, -0.1) is 0 Å². The molecular formula is C15H15N3O3. The van der Waals surface area contributed by atoms with Crippen LogP contribution in [0.1, 0.15) is 23.3 Å². The van der Waals surface area contributed by atoms with E-state index >= 15 is 0 Å². The topological polar surface area (TPSA) is 82.5 Å². The maximum absolute atomic E-state index is 12.7. The van der Waals surface area contributed by atoms with Crippen molar-refractivity contribution in [2.45, 2.75) is 18.9 Å². The van der Waals surface area contributed by atoms with Crippen LogP contribution in [0.15, 0.2) is 36.5 Å². The second kappa shape index (κ2) is 5.49. The number of amides is 2. The van der Waals surface area contributed by atoms with E-state index in [9.17, 15) is 9.59 Å². The van der Waals surface area contributed by atoms with Crippen LogP contribution in [0.5, 0.6) is 0 Å². The van der Waals surface area contributed by atoms with Crippen LogP contribution in [0.3, 0.4) is 0 Å². The van der Waals surface area contributed by atoms with Gasteiger partial charge < -0.3 is 4.90 Å². The molecule has 0 spiro atoms. The fourth-order valence-electron chi connectivity index (χ4n) is 2.78. The maximum atomic E-state index is 12.7. The highest BCUT2D eigenvalue weighted by Gasteiger charge is 2.35. The molecule has 108 valence electrons. The molecule has 21 heavy (non-hydrogen) atoms. The SMILES string of the molecule is O=C(NO)C1CCCN1C(=O)c1nccc2ccccc12. The van der Waals surface area contributed by atoms with Crippen molar-refractivity contribution < 1.29 is 14.8 Å². The van der Waals surface area contributed by atoms with Crippen LogP contribution in [0, 0.1) is 0 Å². The number of fused-ring (bicyclic) bond motifs is 1. The molecule has 2 aromatic rings. The highest BCUT2D eigenvalue weighted by Crippen LogP contribution is 2.23. The maximum Gasteiger partial charge on any atom is 0.273 e. The summed E-state index contributed by atoms with van der Waals surface area (Å²) in [6, 6.07) is 8.71. The number of carbonyl (C=O) groups excluding carboxylic acids is 2. The van der Waals surface area contributed by atoms with E-state index in [-0.39, 0.29) is 5.91 Å². The van der Waals surface area contributed by atoms with Gasteiger partial charge in [-0.2, -0.15) is 0 Å². The first-order chi connectivity index (χ1) is 10.2. The second-order valence-electron chi connectivity index (χ2n) is 5.01. The van der Waals surface area contributed by atoms with Crippen molar-refractivity contribution in [1.82, 2.24) is 15.4 Å². The van der Waals surface area contributed by atoms with E-state index in [0.29, 0.717) is 18.7 Å². The van der Waals surface area contributed by atoms with Crippen molar-refractivity contribution in [1.29, 1.82) is 0 Å². The van der Waals surface area contributed by atoms with Crippen LogP contribution < -0.4 is 5.48 Å². The van der Waals surface area contributed by atoms with E-state index in [2.05, 4.69) is 4.98 Å². The Morgan fingerprint density at radius 3 is 2.90 bits per heavy atom. The summed E-state index contributed by atoms with van der Waals surface area (Å²) in [6.45, 7) is 0.488. The molecule has 1 atom stereocenters. The Labute approximate surface area is 121 Å². The van der Waals surface area contributed by atoms with Crippen LogP contribution in [0.4, 0.5) is 0 Å². The summed E-state index contributed by atoms with van der Waals surface area (Å²) in [5.74, 6) is -0.834. The van der Waals surface area contributed by atoms with E-state index in [1.165, 1.54) is 4.90 Å². The summed E-state index contributed by atoms with van der Waals surface area (Å²) in [5.41, 5.74) is 1.97. The number of hydrogen-bond acceptors (Lipinski definition) is 4. The Morgan fingerprint density at radius 1 is 1.29 bits per heavy atom. The van der Waals surface area contributed by atoms with Gasteiger partial charge in [0.25, 0.3) is 11.8 Å². The van der Waals surface area contributed by atoms with Crippen molar-refractivity contribution in [2.24, 2.45) is 0 Å². The van der Waals surface area contributed by atoms with Crippen LogP contribution in [0.25, 0.3) is 10.8 Å². The predicted octanol–water partition coefficient (Wildman–Crippen LogP) is 1.34. The molecule has 1 unspecified atom stereocenters. The van der Waals surface area contributed by atoms with Crippen LogP contribution in [-0.4, -0.2) is 39.5 Å². The van der Waals surface area contributed by atoms with E-state index in [0.717, 1.165) is 17.2 Å².